The Balaban J connectivity index is 1.58. The lowest BCUT2D eigenvalue weighted by Gasteiger charge is -2.35. The van der Waals surface area contributed by atoms with Gasteiger partial charge < -0.3 is 15.3 Å². The van der Waals surface area contributed by atoms with Gasteiger partial charge in [0.1, 0.15) is 10.9 Å². The first-order valence-electron chi connectivity index (χ1n) is 12.3. The van der Waals surface area contributed by atoms with E-state index >= 15 is 0 Å². The highest BCUT2D eigenvalue weighted by Crippen LogP contribution is 2.36. The Kier molecular flexibility index (Phi) is 7.85. The number of nitrogens with zero attached hydrogens (tertiary/aromatic N) is 2. The minimum atomic E-state index is -3.97. The number of aliphatic hydroxyl groups excluding tert-OH is 1. The Hall–Kier alpha value is -2.01. The second kappa shape index (κ2) is 10.5. The zero-order chi connectivity index (χ0) is 25.2. The standard InChI is InChI=1S/C25H36N4O4S2/c1-17-15-34-22(27-17)13-20(24(31)29-10-7-18(8-11-29)9-12-30)28-35(32,33)21-6-4-5-19-14-25(2,3)16-26-23(19)21/h4-6,15,18,20,26,28,30H,7-14,16H2,1-3H3. The van der Waals surface area contributed by atoms with Gasteiger partial charge >= 0.3 is 0 Å². The van der Waals surface area contributed by atoms with E-state index < -0.39 is 16.1 Å². The third kappa shape index (κ3) is 6.22. The van der Waals surface area contributed by atoms with Crippen LogP contribution in [-0.4, -0.2) is 61.6 Å². The van der Waals surface area contributed by atoms with Crippen molar-refractivity contribution in [1.82, 2.24) is 14.6 Å². The lowest BCUT2D eigenvalue weighted by Crippen LogP contribution is -2.51. The Bertz CT molecular complexity index is 1150. The largest absolute Gasteiger partial charge is 0.396 e. The minimum Gasteiger partial charge on any atom is -0.396 e. The van der Waals surface area contributed by atoms with Gasteiger partial charge in [-0.15, -0.1) is 11.3 Å². The number of likely N-dealkylation sites (tertiary alicyclic amines) is 1. The van der Waals surface area contributed by atoms with Gasteiger partial charge in [0.2, 0.25) is 15.9 Å². The quantitative estimate of drug-likeness (QED) is 0.494. The second-order valence-electron chi connectivity index (χ2n) is 10.5. The number of benzene rings is 1. The van der Waals surface area contributed by atoms with Crippen LogP contribution in [0.15, 0.2) is 28.5 Å². The number of rotatable bonds is 8. The van der Waals surface area contributed by atoms with Gasteiger partial charge in [-0.2, -0.15) is 4.72 Å². The monoisotopic (exact) mass is 520 g/mol. The average molecular weight is 521 g/mol. The summed E-state index contributed by atoms with van der Waals surface area (Å²) in [7, 11) is -3.97. The molecule has 8 nitrogen and oxygen atoms in total. The number of carbonyl (C=O) groups excluding carboxylic acids is 1. The van der Waals surface area contributed by atoms with Crippen molar-refractivity contribution in [2.24, 2.45) is 11.3 Å². The molecule has 1 amide bonds. The minimum absolute atomic E-state index is 0.0339. The third-order valence-corrected chi connectivity index (χ3v) is 9.42. The number of nitrogens with one attached hydrogen (secondary N) is 2. The normalized spacial score (nSPS) is 19.1. The number of sulfonamides is 1. The lowest BCUT2D eigenvalue weighted by molar-refractivity contribution is -0.134. The summed E-state index contributed by atoms with van der Waals surface area (Å²) in [4.78, 5) is 20.0. The van der Waals surface area contributed by atoms with Crippen molar-refractivity contribution in [3.05, 3.63) is 39.8 Å². The summed E-state index contributed by atoms with van der Waals surface area (Å²) in [6.45, 7) is 8.14. The molecule has 0 aliphatic carbocycles. The highest BCUT2D eigenvalue weighted by molar-refractivity contribution is 7.89. The molecule has 0 radical (unpaired) electrons. The highest BCUT2D eigenvalue weighted by atomic mass is 32.2. The van der Waals surface area contributed by atoms with Crippen molar-refractivity contribution in [1.29, 1.82) is 0 Å². The summed E-state index contributed by atoms with van der Waals surface area (Å²) in [6.07, 6.45) is 3.35. The Morgan fingerprint density at radius 2 is 2.09 bits per heavy atom. The van der Waals surface area contributed by atoms with Crippen LogP contribution < -0.4 is 10.0 Å². The van der Waals surface area contributed by atoms with Crippen molar-refractivity contribution >= 4 is 33.0 Å². The number of carbonyl (C=O) groups is 1. The third-order valence-electron chi connectivity index (χ3n) is 6.92. The average Bonchev–Trinajstić information content (AvgIpc) is 3.22. The maximum Gasteiger partial charge on any atom is 0.243 e. The fraction of sp³-hybridized carbons (Fsp3) is 0.600. The van der Waals surface area contributed by atoms with Gasteiger partial charge in [0, 0.05) is 43.7 Å². The molecule has 2 aliphatic rings. The van der Waals surface area contributed by atoms with E-state index in [1.165, 1.54) is 11.3 Å². The summed E-state index contributed by atoms with van der Waals surface area (Å²) in [5.41, 5.74) is 2.48. The summed E-state index contributed by atoms with van der Waals surface area (Å²) in [5, 5.41) is 15.2. The van der Waals surface area contributed by atoms with Gasteiger partial charge in [-0.3, -0.25) is 4.79 Å². The van der Waals surface area contributed by atoms with Crippen LogP contribution in [0.2, 0.25) is 0 Å². The van der Waals surface area contributed by atoms with E-state index in [4.69, 9.17) is 0 Å². The number of piperidine rings is 1. The molecule has 3 N–H and O–H groups in total. The van der Waals surface area contributed by atoms with Gasteiger partial charge in [-0.05, 0) is 55.6 Å². The lowest BCUT2D eigenvalue weighted by atomic mass is 9.82. The topological polar surface area (TPSA) is 112 Å². The number of fused-ring (bicyclic) bond motifs is 1. The molecule has 1 unspecified atom stereocenters. The molecule has 1 fully saturated rings. The first kappa shape index (κ1) is 26.1. The maximum absolute atomic E-state index is 13.6. The van der Waals surface area contributed by atoms with Crippen molar-refractivity contribution in [2.75, 3.05) is 31.6 Å². The molecule has 1 aromatic heterocycles. The van der Waals surface area contributed by atoms with Crippen LogP contribution in [0.4, 0.5) is 5.69 Å². The summed E-state index contributed by atoms with van der Waals surface area (Å²) in [6, 6.07) is 4.39. The van der Waals surface area contributed by atoms with Crippen LogP contribution in [0.3, 0.4) is 0 Å². The zero-order valence-corrected chi connectivity index (χ0v) is 22.3. The molecular formula is C25H36N4O4S2. The Morgan fingerprint density at radius 3 is 2.74 bits per heavy atom. The first-order valence-corrected chi connectivity index (χ1v) is 14.6. The van der Waals surface area contributed by atoms with Gasteiger partial charge in [0.15, 0.2) is 0 Å². The molecule has 3 heterocycles. The number of para-hydroxylation sites is 1. The van der Waals surface area contributed by atoms with Crippen molar-refractivity contribution in [3.8, 4) is 0 Å². The van der Waals surface area contributed by atoms with E-state index in [1.54, 1.807) is 17.0 Å². The number of aliphatic hydroxyl groups is 1. The first-order chi connectivity index (χ1) is 16.6. The molecule has 35 heavy (non-hydrogen) atoms. The fourth-order valence-corrected chi connectivity index (χ4v) is 7.23. The van der Waals surface area contributed by atoms with E-state index in [2.05, 4.69) is 28.9 Å². The van der Waals surface area contributed by atoms with Crippen LogP contribution >= 0.6 is 11.3 Å². The predicted octanol–water partition coefficient (Wildman–Crippen LogP) is 2.96. The second-order valence-corrected chi connectivity index (χ2v) is 13.2. The molecule has 192 valence electrons. The van der Waals surface area contributed by atoms with Gasteiger partial charge in [-0.1, -0.05) is 26.0 Å². The molecular weight excluding hydrogens is 484 g/mol. The van der Waals surface area contributed by atoms with Crippen LogP contribution in [0.5, 0.6) is 0 Å². The Labute approximate surface area is 212 Å². The van der Waals surface area contributed by atoms with E-state index in [1.807, 2.05) is 18.4 Å². The number of hydrogen-bond acceptors (Lipinski definition) is 7. The fourth-order valence-electron chi connectivity index (χ4n) is 5.00. The highest BCUT2D eigenvalue weighted by Gasteiger charge is 2.35. The summed E-state index contributed by atoms with van der Waals surface area (Å²) < 4.78 is 30.0. The van der Waals surface area contributed by atoms with Crippen LogP contribution in [0.25, 0.3) is 0 Å². The molecule has 2 aromatic rings. The number of amides is 1. The smallest absolute Gasteiger partial charge is 0.243 e. The van der Waals surface area contributed by atoms with E-state index in [0.717, 1.165) is 41.9 Å². The van der Waals surface area contributed by atoms with E-state index in [9.17, 15) is 18.3 Å². The number of anilines is 1. The van der Waals surface area contributed by atoms with Gasteiger partial charge in [0.25, 0.3) is 0 Å². The molecule has 0 bridgehead atoms. The van der Waals surface area contributed by atoms with Crippen molar-refractivity contribution in [2.45, 2.75) is 63.8 Å². The van der Waals surface area contributed by atoms with E-state index in [-0.39, 0.29) is 29.2 Å². The molecule has 1 aromatic carbocycles. The Morgan fingerprint density at radius 1 is 1.34 bits per heavy atom. The SMILES string of the molecule is Cc1csc(CC(NS(=O)(=O)c2cccc3c2NCC(C)(C)C3)C(=O)N2CCC(CCO)CC2)n1. The molecule has 2 aliphatic heterocycles. The van der Waals surface area contributed by atoms with Crippen molar-refractivity contribution < 1.29 is 18.3 Å². The van der Waals surface area contributed by atoms with E-state index in [0.29, 0.717) is 31.2 Å². The number of thiazole rings is 1. The van der Waals surface area contributed by atoms with Crippen LogP contribution in [0.1, 0.15) is 49.4 Å². The number of aryl methyl sites for hydroxylation is 1. The molecule has 10 heteroatoms. The van der Waals surface area contributed by atoms with Gasteiger partial charge in [0.05, 0.1) is 10.7 Å². The zero-order valence-electron chi connectivity index (χ0n) is 20.7. The van der Waals surface area contributed by atoms with Crippen LogP contribution in [-0.2, 0) is 27.7 Å². The van der Waals surface area contributed by atoms with Gasteiger partial charge in [-0.25, -0.2) is 13.4 Å². The number of aromatic nitrogens is 1. The molecule has 0 spiro atoms. The summed E-state index contributed by atoms with van der Waals surface area (Å²) >= 11 is 1.44. The maximum atomic E-state index is 13.6. The molecule has 4 rings (SSSR count). The van der Waals surface area contributed by atoms with Crippen LogP contribution in [0, 0.1) is 18.3 Å². The molecule has 1 atom stereocenters. The predicted molar refractivity (Wildman–Crippen MR) is 138 cm³/mol. The molecule has 1 saturated heterocycles. The number of hydrogen-bond donors (Lipinski definition) is 3. The summed E-state index contributed by atoms with van der Waals surface area (Å²) in [5.74, 6) is 0.176. The van der Waals surface area contributed by atoms with Crippen molar-refractivity contribution in [3.63, 3.8) is 0 Å². The molecule has 0 saturated carbocycles.